The maximum Gasteiger partial charge on any atom is 0.338 e. The average molecular weight is 349 g/mol. The van der Waals surface area contributed by atoms with Crippen molar-refractivity contribution in [1.29, 1.82) is 5.26 Å². The van der Waals surface area contributed by atoms with Crippen LogP contribution >= 0.6 is 11.6 Å². The number of benzene rings is 1. The van der Waals surface area contributed by atoms with Gasteiger partial charge in [0.15, 0.2) is 0 Å². The number of carbonyl (C=O) groups excluding carboxylic acids is 1. The molecule has 0 saturated carbocycles. The minimum Gasteiger partial charge on any atom is -0.497 e. The number of allylic oxidation sites excluding steroid dienone is 2. The molecule has 126 valence electrons. The van der Waals surface area contributed by atoms with Crippen molar-refractivity contribution in [2.45, 2.75) is 12.8 Å². The number of hydrogen-bond donors (Lipinski definition) is 1. The molecule has 0 unspecified atom stereocenters. The second-order valence-electron chi connectivity index (χ2n) is 4.89. The number of halogens is 1. The molecule has 1 aliphatic heterocycles. The first-order chi connectivity index (χ1) is 11.6. The van der Waals surface area contributed by atoms with E-state index in [0.717, 1.165) is 0 Å². The van der Waals surface area contributed by atoms with Crippen molar-refractivity contribution in [3.63, 3.8) is 0 Å². The Bertz CT molecular complexity index is 732. The van der Waals surface area contributed by atoms with Crippen molar-refractivity contribution in [1.82, 2.24) is 0 Å². The number of nitrogens with two attached hydrogens (primary N) is 1. The summed E-state index contributed by atoms with van der Waals surface area (Å²) >= 11 is 5.90. The fourth-order valence-electron chi connectivity index (χ4n) is 2.48. The Morgan fingerprint density at radius 1 is 1.42 bits per heavy atom. The molecular formula is C17H17ClN2O4. The number of hydrogen-bond acceptors (Lipinski definition) is 6. The van der Waals surface area contributed by atoms with E-state index < -0.39 is 11.9 Å². The van der Waals surface area contributed by atoms with Crippen molar-refractivity contribution in [3.05, 3.63) is 52.6 Å². The van der Waals surface area contributed by atoms with Crippen LogP contribution in [0.5, 0.6) is 5.75 Å². The highest BCUT2D eigenvalue weighted by Crippen LogP contribution is 2.40. The molecule has 1 aliphatic rings. The van der Waals surface area contributed by atoms with Gasteiger partial charge in [0.1, 0.15) is 23.2 Å². The van der Waals surface area contributed by atoms with Crippen LogP contribution in [0.3, 0.4) is 0 Å². The van der Waals surface area contributed by atoms with Gasteiger partial charge in [-0.2, -0.15) is 5.26 Å². The molecule has 0 aromatic heterocycles. The molecule has 1 heterocycles. The van der Waals surface area contributed by atoms with Crippen LogP contribution in [0.4, 0.5) is 0 Å². The Balaban J connectivity index is 2.60. The molecule has 1 aromatic carbocycles. The Morgan fingerprint density at radius 3 is 2.58 bits per heavy atom. The first-order valence-corrected chi connectivity index (χ1v) is 7.78. The minimum absolute atomic E-state index is 0.0676. The normalized spacial score (nSPS) is 17.2. The largest absolute Gasteiger partial charge is 0.497 e. The highest BCUT2D eigenvalue weighted by atomic mass is 35.5. The van der Waals surface area contributed by atoms with E-state index >= 15 is 0 Å². The van der Waals surface area contributed by atoms with E-state index in [1.54, 1.807) is 38.3 Å². The first kappa shape index (κ1) is 17.7. The van der Waals surface area contributed by atoms with E-state index in [2.05, 4.69) is 0 Å². The number of rotatable bonds is 5. The molecule has 0 fully saturated rings. The summed E-state index contributed by atoms with van der Waals surface area (Å²) < 4.78 is 15.6. The first-order valence-electron chi connectivity index (χ1n) is 7.25. The summed E-state index contributed by atoms with van der Waals surface area (Å²) in [7, 11) is 1.55. The third-order valence-electron chi connectivity index (χ3n) is 3.56. The molecule has 24 heavy (non-hydrogen) atoms. The van der Waals surface area contributed by atoms with Crippen LogP contribution in [-0.4, -0.2) is 25.6 Å². The fraction of sp³-hybridized carbons (Fsp3) is 0.294. The zero-order chi connectivity index (χ0) is 17.7. The molecule has 1 atom stereocenters. The molecule has 0 amide bonds. The third-order valence-corrected chi connectivity index (χ3v) is 3.81. The number of alkyl halides is 1. The molecule has 7 heteroatoms. The minimum atomic E-state index is -0.706. The Hall–Kier alpha value is -2.65. The maximum absolute atomic E-state index is 12.4. The lowest BCUT2D eigenvalue weighted by atomic mass is 9.83. The molecule has 0 bridgehead atoms. The van der Waals surface area contributed by atoms with E-state index in [4.69, 9.17) is 31.5 Å². The van der Waals surface area contributed by atoms with Gasteiger partial charge in [-0.25, -0.2) is 4.79 Å². The van der Waals surface area contributed by atoms with Gasteiger partial charge in [-0.05, 0) is 24.6 Å². The zero-order valence-electron chi connectivity index (χ0n) is 13.3. The average Bonchev–Trinajstić information content (AvgIpc) is 2.60. The number of ether oxygens (including phenoxy) is 3. The third kappa shape index (κ3) is 3.31. The van der Waals surface area contributed by atoms with E-state index in [0.29, 0.717) is 11.3 Å². The number of carbonyl (C=O) groups is 1. The molecular weight excluding hydrogens is 332 g/mol. The van der Waals surface area contributed by atoms with Crippen molar-refractivity contribution in [3.8, 4) is 11.8 Å². The quantitative estimate of drug-likeness (QED) is 0.649. The van der Waals surface area contributed by atoms with Crippen LogP contribution in [0.1, 0.15) is 18.4 Å². The summed E-state index contributed by atoms with van der Waals surface area (Å²) in [6, 6.07) is 9.00. The maximum atomic E-state index is 12.4. The lowest BCUT2D eigenvalue weighted by Crippen LogP contribution is -2.26. The highest BCUT2D eigenvalue weighted by molar-refractivity contribution is 6.19. The summed E-state index contributed by atoms with van der Waals surface area (Å²) in [4.78, 5) is 12.4. The van der Waals surface area contributed by atoms with Crippen molar-refractivity contribution in [2.75, 3.05) is 19.6 Å². The lowest BCUT2D eigenvalue weighted by Gasteiger charge is -2.27. The summed E-state index contributed by atoms with van der Waals surface area (Å²) in [6.45, 7) is 1.88. The molecule has 1 aromatic rings. The number of nitriles is 1. The van der Waals surface area contributed by atoms with E-state index in [-0.39, 0.29) is 35.3 Å². The van der Waals surface area contributed by atoms with Gasteiger partial charge in [0.2, 0.25) is 5.88 Å². The summed E-state index contributed by atoms with van der Waals surface area (Å²) in [6.07, 6.45) is 0. The van der Waals surface area contributed by atoms with Gasteiger partial charge in [-0.3, -0.25) is 0 Å². The predicted molar refractivity (Wildman–Crippen MR) is 88.0 cm³/mol. The second-order valence-corrected chi connectivity index (χ2v) is 5.16. The molecule has 0 aliphatic carbocycles. The number of methoxy groups -OCH3 is 1. The highest BCUT2D eigenvalue weighted by Gasteiger charge is 2.37. The second kappa shape index (κ2) is 7.75. The Morgan fingerprint density at radius 2 is 2.08 bits per heavy atom. The van der Waals surface area contributed by atoms with Crippen molar-refractivity contribution < 1.29 is 19.0 Å². The standard InChI is InChI=1S/C17H17ClN2O4/c1-3-23-17(21)15-13(8-18)24-16(20)12(9-19)14(15)10-4-6-11(22-2)7-5-10/h4-7,14H,3,8,20H2,1-2H3/t14-/m0/s1. The van der Waals surface area contributed by atoms with E-state index in [9.17, 15) is 10.1 Å². The summed E-state index contributed by atoms with van der Waals surface area (Å²) in [5.41, 5.74) is 6.84. The van der Waals surface area contributed by atoms with Crippen LogP contribution in [0.25, 0.3) is 0 Å². The van der Waals surface area contributed by atoms with Crippen molar-refractivity contribution in [2.24, 2.45) is 5.73 Å². The van der Waals surface area contributed by atoms with Gasteiger partial charge in [0.05, 0.1) is 31.1 Å². The topological polar surface area (TPSA) is 94.6 Å². The van der Waals surface area contributed by atoms with Gasteiger partial charge in [-0.15, -0.1) is 11.6 Å². The van der Waals surface area contributed by atoms with Gasteiger partial charge in [0, 0.05) is 0 Å². The van der Waals surface area contributed by atoms with Crippen LogP contribution < -0.4 is 10.5 Å². The van der Waals surface area contributed by atoms with Gasteiger partial charge < -0.3 is 19.9 Å². The molecule has 2 rings (SSSR count). The van der Waals surface area contributed by atoms with Gasteiger partial charge in [-0.1, -0.05) is 12.1 Å². The van der Waals surface area contributed by atoms with E-state index in [1.165, 1.54) is 0 Å². The smallest absolute Gasteiger partial charge is 0.338 e. The molecule has 2 N–H and O–H groups in total. The van der Waals surface area contributed by atoms with Crippen LogP contribution in [0, 0.1) is 11.3 Å². The van der Waals surface area contributed by atoms with Crippen LogP contribution in [0.15, 0.2) is 47.1 Å². The van der Waals surface area contributed by atoms with Gasteiger partial charge >= 0.3 is 5.97 Å². The van der Waals surface area contributed by atoms with Crippen molar-refractivity contribution >= 4 is 17.6 Å². The number of nitrogens with zero attached hydrogens (tertiary/aromatic N) is 1. The molecule has 0 spiro atoms. The van der Waals surface area contributed by atoms with Gasteiger partial charge in [0.25, 0.3) is 0 Å². The lowest BCUT2D eigenvalue weighted by molar-refractivity contribution is -0.139. The molecule has 0 saturated heterocycles. The van der Waals surface area contributed by atoms with Crippen LogP contribution in [0.2, 0.25) is 0 Å². The Labute approximate surface area is 145 Å². The van der Waals surface area contributed by atoms with E-state index in [1.807, 2.05) is 6.07 Å². The summed E-state index contributed by atoms with van der Waals surface area (Å²) in [5.74, 6) is -0.591. The SMILES string of the molecule is CCOC(=O)C1=C(CCl)OC(N)=C(C#N)[C@@H]1c1ccc(OC)cc1. The predicted octanol–water partition coefficient (Wildman–Crippen LogP) is 2.56. The molecule has 0 radical (unpaired) electrons. The molecule has 6 nitrogen and oxygen atoms in total. The fourth-order valence-corrected chi connectivity index (χ4v) is 2.68. The Kier molecular flexibility index (Phi) is 5.72. The zero-order valence-corrected chi connectivity index (χ0v) is 14.1. The number of esters is 1. The summed E-state index contributed by atoms with van der Waals surface area (Å²) in [5, 5.41) is 9.48. The monoisotopic (exact) mass is 348 g/mol. The van der Waals surface area contributed by atoms with Crippen LogP contribution in [-0.2, 0) is 14.3 Å².